The van der Waals surface area contributed by atoms with Gasteiger partial charge in [0.1, 0.15) is 30.2 Å². The average Bonchev–Trinajstić information content (AvgIpc) is 2.68. The van der Waals surface area contributed by atoms with Gasteiger partial charge in [0.05, 0.1) is 18.7 Å². The first-order valence-electron chi connectivity index (χ1n) is 8.68. The van der Waals surface area contributed by atoms with Crippen molar-refractivity contribution in [3.63, 3.8) is 0 Å². The number of aliphatic hydroxyl groups is 6. The molecular weight excluding hydrogens is 354 g/mol. The molecule has 148 valence electrons. The number of aliphatic hydroxyl groups excluding tert-OH is 6. The minimum atomic E-state index is -1.74. The Labute approximate surface area is 156 Å². The number of allylic oxidation sites excluding steroid dienone is 2. The van der Waals surface area contributed by atoms with E-state index in [0.29, 0.717) is 6.42 Å². The van der Waals surface area contributed by atoms with Crippen LogP contribution in [0.1, 0.15) is 24.3 Å². The molecule has 2 rings (SSSR count). The SMILES string of the molecule is O=C1CC(c2ccccc2)CC(O)=C1C=NC[C@@H](O)[C@H](O)[C@@H](O)[C@@H](O)CO. The van der Waals surface area contributed by atoms with Gasteiger partial charge in [0.25, 0.3) is 0 Å². The van der Waals surface area contributed by atoms with Crippen LogP contribution in [0, 0.1) is 0 Å². The van der Waals surface area contributed by atoms with Crippen molar-refractivity contribution in [3.05, 3.63) is 47.2 Å². The predicted octanol–water partition coefficient (Wildman–Crippen LogP) is -0.548. The molecule has 5 atom stereocenters. The summed E-state index contributed by atoms with van der Waals surface area (Å²) in [5, 5.41) is 57.3. The molecule has 6 N–H and O–H groups in total. The Morgan fingerprint density at radius 2 is 1.67 bits per heavy atom. The zero-order valence-electron chi connectivity index (χ0n) is 14.7. The summed E-state index contributed by atoms with van der Waals surface area (Å²) in [6, 6.07) is 9.40. The van der Waals surface area contributed by atoms with E-state index in [2.05, 4.69) is 4.99 Å². The number of aliphatic imine (C=N–C) groups is 1. The quantitative estimate of drug-likeness (QED) is 0.332. The summed E-state index contributed by atoms with van der Waals surface area (Å²) in [6.07, 6.45) is -4.92. The third-order valence-electron chi connectivity index (χ3n) is 4.59. The standard InChI is InChI=1S/C19H25NO7/c21-10-17(25)19(27)18(26)16(24)9-20-8-13-14(22)6-12(7-15(13)23)11-4-2-1-3-5-11/h1-5,8,12,16-19,21-22,24-27H,6-7,9-10H2/t12?,16-,17+,18+,19+/m1/s1. The second-order valence-corrected chi connectivity index (χ2v) is 6.59. The smallest absolute Gasteiger partial charge is 0.168 e. The number of Topliss-reactive ketones (excluding diaryl/α,β-unsaturated/α-hetero) is 1. The van der Waals surface area contributed by atoms with E-state index in [1.54, 1.807) is 0 Å². The number of ketones is 1. The summed E-state index contributed by atoms with van der Waals surface area (Å²) in [4.78, 5) is 16.2. The Kier molecular flexibility index (Phi) is 7.64. The van der Waals surface area contributed by atoms with E-state index in [-0.39, 0.29) is 36.0 Å². The van der Waals surface area contributed by atoms with Crippen LogP contribution in [0.5, 0.6) is 0 Å². The predicted molar refractivity (Wildman–Crippen MR) is 97.6 cm³/mol. The average molecular weight is 379 g/mol. The van der Waals surface area contributed by atoms with E-state index in [4.69, 9.17) is 5.11 Å². The number of rotatable bonds is 8. The van der Waals surface area contributed by atoms with Crippen LogP contribution in [0.25, 0.3) is 0 Å². The largest absolute Gasteiger partial charge is 0.511 e. The molecule has 0 spiro atoms. The zero-order valence-corrected chi connectivity index (χ0v) is 14.7. The van der Waals surface area contributed by atoms with E-state index in [0.717, 1.165) is 11.8 Å². The van der Waals surface area contributed by atoms with Gasteiger partial charge in [0.15, 0.2) is 5.78 Å². The molecule has 1 aromatic carbocycles. The highest BCUT2D eigenvalue weighted by Crippen LogP contribution is 2.32. The van der Waals surface area contributed by atoms with Crippen molar-refractivity contribution in [2.75, 3.05) is 13.2 Å². The van der Waals surface area contributed by atoms with Gasteiger partial charge in [0, 0.05) is 19.1 Å². The summed E-state index contributed by atoms with van der Waals surface area (Å²) in [5.41, 5.74) is 1.02. The van der Waals surface area contributed by atoms with Crippen molar-refractivity contribution in [2.24, 2.45) is 4.99 Å². The lowest BCUT2D eigenvalue weighted by molar-refractivity contribution is -0.116. The van der Waals surface area contributed by atoms with Crippen LogP contribution in [-0.4, -0.2) is 80.2 Å². The van der Waals surface area contributed by atoms with Crippen LogP contribution >= 0.6 is 0 Å². The Bertz CT molecular complexity index is 689. The van der Waals surface area contributed by atoms with Crippen molar-refractivity contribution in [3.8, 4) is 0 Å². The van der Waals surface area contributed by atoms with Crippen molar-refractivity contribution >= 4 is 12.0 Å². The normalized spacial score (nSPS) is 22.7. The van der Waals surface area contributed by atoms with Crippen LogP contribution in [0.4, 0.5) is 0 Å². The van der Waals surface area contributed by atoms with Crippen LogP contribution < -0.4 is 0 Å². The van der Waals surface area contributed by atoms with E-state index in [1.165, 1.54) is 0 Å². The summed E-state index contributed by atoms with van der Waals surface area (Å²) >= 11 is 0. The summed E-state index contributed by atoms with van der Waals surface area (Å²) < 4.78 is 0. The van der Waals surface area contributed by atoms with Gasteiger partial charge in [-0.1, -0.05) is 30.3 Å². The van der Waals surface area contributed by atoms with Crippen LogP contribution in [0.3, 0.4) is 0 Å². The number of carbonyl (C=O) groups excluding carboxylic acids is 1. The lowest BCUT2D eigenvalue weighted by Crippen LogP contribution is -2.46. The minimum absolute atomic E-state index is 0.0554. The molecule has 0 amide bonds. The highest BCUT2D eigenvalue weighted by atomic mass is 16.4. The molecule has 0 radical (unpaired) electrons. The van der Waals surface area contributed by atoms with Crippen LogP contribution in [-0.2, 0) is 4.79 Å². The highest BCUT2D eigenvalue weighted by Gasteiger charge is 2.30. The van der Waals surface area contributed by atoms with Gasteiger partial charge in [0.2, 0.25) is 0 Å². The summed E-state index contributed by atoms with van der Waals surface area (Å²) in [5.74, 6) is -0.477. The summed E-state index contributed by atoms with van der Waals surface area (Å²) in [6.45, 7) is -1.13. The third kappa shape index (κ3) is 5.44. The molecule has 0 aliphatic heterocycles. The van der Waals surface area contributed by atoms with E-state index in [9.17, 15) is 30.3 Å². The summed E-state index contributed by atoms with van der Waals surface area (Å²) in [7, 11) is 0. The first-order chi connectivity index (χ1) is 12.8. The van der Waals surface area contributed by atoms with Gasteiger partial charge in [-0.25, -0.2) is 0 Å². The topological polar surface area (TPSA) is 151 Å². The molecule has 27 heavy (non-hydrogen) atoms. The Balaban J connectivity index is 1.99. The van der Waals surface area contributed by atoms with Crippen molar-refractivity contribution in [1.82, 2.24) is 0 Å². The zero-order chi connectivity index (χ0) is 20.0. The number of carbonyl (C=O) groups is 1. The Hall–Kier alpha value is -2.10. The Morgan fingerprint density at radius 3 is 2.26 bits per heavy atom. The maximum Gasteiger partial charge on any atom is 0.168 e. The van der Waals surface area contributed by atoms with Gasteiger partial charge in [-0.3, -0.25) is 9.79 Å². The number of hydrogen-bond donors (Lipinski definition) is 6. The fourth-order valence-corrected chi connectivity index (χ4v) is 2.94. The molecule has 1 aliphatic rings. The maximum absolute atomic E-state index is 12.3. The van der Waals surface area contributed by atoms with Gasteiger partial charge < -0.3 is 30.6 Å². The molecule has 8 heteroatoms. The van der Waals surface area contributed by atoms with Crippen molar-refractivity contribution < 1.29 is 35.4 Å². The lowest BCUT2D eigenvalue weighted by atomic mass is 9.83. The van der Waals surface area contributed by atoms with Crippen LogP contribution in [0.15, 0.2) is 46.7 Å². The molecule has 1 aliphatic carbocycles. The van der Waals surface area contributed by atoms with Crippen molar-refractivity contribution in [1.29, 1.82) is 0 Å². The molecule has 0 heterocycles. The molecule has 0 saturated heterocycles. The Morgan fingerprint density at radius 1 is 1.04 bits per heavy atom. The second kappa shape index (κ2) is 9.72. The third-order valence-corrected chi connectivity index (χ3v) is 4.59. The van der Waals surface area contributed by atoms with Gasteiger partial charge >= 0.3 is 0 Å². The maximum atomic E-state index is 12.3. The number of benzene rings is 1. The first-order valence-corrected chi connectivity index (χ1v) is 8.68. The fourth-order valence-electron chi connectivity index (χ4n) is 2.94. The monoisotopic (exact) mass is 379 g/mol. The van der Waals surface area contributed by atoms with Gasteiger partial charge in [-0.2, -0.15) is 0 Å². The molecule has 0 bridgehead atoms. The van der Waals surface area contributed by atoms with Gasteiger partial charge in [-0.15, -0.1) is 0 Å². The number of nitrogens with zero attached hydrogens (tertiary/aromatic N) is 1. The second-order valence-electron chi connectivity index (χ2n) is 6.59. The fraction of sp³-hybridized carbons (Fsp3) is 0.474. The molecular formula is C19H25NO7. The molecule has 8 nitrogen and oxygen atoms in total. The number of hydrogen-bond acceptors (Lipinski definition) is 8. The lowest BCUT2D eigenvalue weighted by Gasteiger charge is -2.25. The van der Waals surface area contributed by atoms with E-state index in [1.807, 2.05) is 30.3 Å². The van der Waals surface area contributed by atoms with Gasteiger partial charge in [-0.05, 0) is 11.5 Å². The van der Waals surface area contributed by atoms with E-state index >= 15 is 0 Å². The van der Waals surface area contributed by atoms with Crippen LogP contribution in [0.2, 0.25) is 0 Å². The molecule has 0 aromatic heterocycles. The first kappa shape index (κ1) is 21.2. The highest BCUT2D eigenvalue weighted by molar-refractivity contribution is 6.14. The molecule has 0 saturated carbocycles. The molecule has 0 fully saturated rings. The van der Waals surface area contributed by atoms with E-state index < -0.39 is 31.0 Å². The molecule has 1 unspecified atom stereocenters. The molecule has 1 aromatic rings. The van der Waals surface area contributed by atoms with Crippen molar-refractivity contribution in [2.45, 2.75) is 43.2 Å². The minimum Gasteiger partial charge on any atom is -0.511 e.